The van der Waals surface area contributed by atoms with Gasteiger partial charge in [-0.1, -0.05) is 6.08 Å². The molecule has 0 aromatic carbocycles. The third-order valence-corrected chi connectivity index (χ3v) is 3.52. The predicted molar refractivity (Wildman–Crippen MR) is 90.1 cm³/mol. The highest BCUT2D eigenvalue weighted by Crippen LogP contribution is 2.15. The molecule has 0 radical (unpaired) electrons. The molecule has 2 N–H and O–H groups in total. The third kappa shape index (κ3) is 4.45. The fraction of sp³-hybridized carbons (Fsp3) is 0.438. The third-order valence-electron chi connectivity index (χ3n) is 3.52. The maximum absolute atomic E-state index is 5.64. The van der Waals surface area contributed by atoms with Gasteiger partial charge in [-0.3, -0.25) is 0 Å². The summed E-state index contributed by atoms with van der Waals surface area (Å²) in [5, 5.41) is 14.7. The van der Waals surface area contributed by atoms with Crippen LogP contribution < -0.4 is 10.6 Å². The number of nitrogens with zero attached hydrogens (tertiary/aromatic N) is 4. The summed E-state index contributed by atoms with van der Waals surface area (Å²) in [5.41, 5.74) is 0. The van der Waals surface area contributed by atoms with Crippen LogP contribution in [0.1, 0.15) is 36.1 Å². The summed E-state index contributed by atoms with van der Waals surface area (Å²) in [6.45, 7) is 10.6. The number of hydrogen-bond donors (Lipinski definition) is 2. The highest BCUT2D eigenvalue weighted by molar-refractivity contribution is 5.80. The fourth-order valence-corrected chi connectivity index (χ4v) is 2.02. The van der Waals surface area contributed by atoms with Crippen LogP contribution in [-0.4, -0.2) is 27.3 Å². The number of aromatic nitrogens is 3. The van der Waals surface area contributed by atoms with Gasteiger partial charge in [-0.05, 0) is 32.9 Å². The molecule has 0 fully saturated rings. The molecule has 0 spiro atoms. The van der Waals surface area contributed by atoms with Crippen molar-refractivity contribution in [3.05, 3.63) is 48.0 Å². The molecule has 2 aromatic rings. The van der Waals surface area contributed by atoms with Crippen molar-refractivity contribution in [1.29, 1.82) is 0 Å². The molecular formula is C16H24N6O. The Kier molecular flexibility index (Phi) is 5.56. The Hall–Kier alpha value is -2.57. The van der Waals surface area contributed by atoms with Crippen molar-refractivity contribution in [3.8, 4) is 0 Å². The van der Waals surface area contributed by atoms with Crippen molar-refractivity contribution in [2.75, 3.05) is 6.54 Å². The van der Waals surface area contributed by atoms with Gasteiger partial charge in [0.05, 0.1) is 6.04 Å². The van der Waals surface area contributed by atoms with Crippen molar-refractivity contribution in [2.45, 2.75) is 33.4 Å². The lowest BCUT2D eigenvalue weighted by atomic mass is 10.2. The molecule has 1 unspecified atom stereocenters. The van der Waals surface area contributed by atoms with Crippen LogP contribution in [0.15, 0.2) is 34.2 Å². The Labute approximate surface area is 136 Å². The topological polar surface area (TPSA) is 80.3 Å². The van der Waals surface area contributed by atoms with Crippen LogP contribution >= 0.6 is 0 Å². The second-order valence-corrected chi connectivity index (χ2v) is 5.37. The van der Waals surface area contributed by atoms with Gasteiger partial charge in [0.1, 0.15) is 23.9 Å². The van der Waals surface area contributed by atoms with Gasteiger partial charge >= 0.3 is 0 Å². The molecule has 7 nitrogen and oxygen atoms in total. The Bertz CT molecular complexity index is 685. The van der Waals surface area contributed by atoms with Gasteiger partial charge in [-0.25, -0.2) is 4.99 Å². The van der Waals surface area contributed by atoms with E-state index in [9.17, 15) is 0 Å². The highest BCUT2D eigenvalue weighted by atomic mass is 16.3. The van der Waals surface area contributed by atoms with Crippen LogP contribution in [0.4, 0.5) is 0 Å². The molecule has 0 amide bonds. The van der Waals surface area contributed by atoms with Crippen LogP contribution in [0.3, 0.4) is 0 Å². The van der Waals surface area contributed by atoms with Gasteiger partial charge in [0.2, 0.25) is 0 Å². The molecule has 0 saturated carbocycles. The summed E-state index contributed by atoms with van der Waals surface area (Å²) in [5.74, 6) is 4.10. The molecule has 2 heterocycles. The van der Waals surface area contributed by atoms with E-state index in [2.05, 4.69) is 32.4 Å². The molecule has 1 atom stereocenters. The van der Waals surface area contributed by atoms with Crippen LogP contribution in [0.5, 0.6) is 0 Å². The minimum atomic E-state index is 0.000924. The van der Waals surface area contributed by atoms with E-state index in [1.54, 1.807) is 6.08 Å². The van der Waals surface area contributed by atoms with Crippen molar-refractivity contribution >= 4 is 5.96 Å². The standard InChI is InChI=1S/C16H24N6O/c1-6-9-17-16(18-10-15-21-20-13(4)22(15)5)19-12(3)14-8-7-11(2)23-14/h6-8,12H,1,9-10H2,2-5H3,(H2,17,18,19). The predicted octanol–water partition coefficient (Wildman–Crippen LogP) is 2.01. The highest BCUT2D eigenvalue weighted by Gasteiger charge is 2.12. The Morgan fingerprint density at radius 2 is 2.22 bits per heavy atom. The normalized spacial score (nSPS) is 13.0. The SMILES string of the molecule is C=CCNC(=NCc1nnc(C)n1C)NC(C)c1ccc(C)o1. The van der Waals surface area contributed by atoms with E-state index in [0.717, 1.165) is 23.2 Å². The Morgan fingerprint density at radius 1 is 1.43 bits per heavy atom. The van der Waals surface area contributed by atoms with E-state index in [4.69, 9.17) is 4.42 Å². The van der Waals surface area contributed by atoms with Gasteiger partial charge in [0.25, 0.3) is 0 Å². The Balaban J connectivity index is 2.07. The Morgan fingerprint density at radius 3 is 2.78 bits per heavy atom. The second-order valence-electron chi connectivity index (χ2n) is 5.37. The van der Waals surface area contributed by atoms with Crippen molar-refractivity contribution < 1.29 is 4.42 Å². The summed E-state index contributed by atoms with van der Waals surface area (Å²) in [6.07, 6.45) is 1.78. The molecule has 2 rings (SSSR count). The van der Waals surface area contributed by atoms with E-state index in [1.165, 1.54) is 0 Å². The summed E-state index contributed by atoms with van der Waals surface area (Å²) in [6, 6.07) is 3.91. The zero-order valence-corrected chi connectivity index (χ0v) is 14.1. The summed E-state index contributed by atoms with van der Waals surface area (Å²) < 4.78 is 7.57. The van der Waals surface area contributed by atoms with Gasteiger partial charge in [-0.2, -0.15) is 0 Å². The lowest BCUT2D eigenvalue weighted by Crippen LogP contribution is -2.38. The molecule has 0 saturated heterocycles. The summed E-state index contributed by atoms with van der Waals surface area (Å²) >= 11 is 0. The minimum absolute atomic E-state index is 0.000924. The molecule has 23 heavy (non-hydrogen) atoms. The summed E-state index contributed by atoms with van der Waals surface area (Å²) in [4.78, 5) is 4.56. The van der Waals surface area contributed by atoms with Gasteiger partial charge in [-0.15, -0.1) is 16.8 Å². The maximum atomic E-state index is 5.64. The van der Waals surface area contributed by atoms with Crippen LogP contribution in [-0.2, 0) is 13.6 Å². The molecular weight excluding hydrogens is 292 g/mol. The average molecular weight is 316 g/mol. The lowest BCUT2D eigenvalue weighted by Gasteiger charge is -2.16. The zero-order chi connectivity index (χ0) is 16.8. The van der Waals surface area contributed by atoms with E-state index in [1.807, 2.05) is 44.5 Å². The first kappa shape index (κ1) is 16.8. The van der Waals surface area contributed by atoms with Crippen LogP contribution in [0.2, 0.25) is 0 Å². The van der Waals surface area contributed by atoms with Gasteiger partial charge < -0.3 is 19.6 Å². The second kappa shape index (κ2) is 7.62. The first-order chi connectivity index (χ1) is 11.0. The number of guanidine groups is 1. The number of furan rings is 1. The molecule has 0 aliphatic rings. The van der Waals surface area contributed by atoms with Gasteiger partial charge in [0, 0.05) is 13.6 Å². The molecule has 0 aliphatic carbocycles. The zero-order valence-electron chi connectivity index (χ0n) is 14.1. The van der Waals surface area contributed by atoms with Crippen molar-refractivity contribution in [2.24, 2.45) is 12.0 Å². The number of aryl methyl sites for hydroxylation is 2. The first-order valence-electron chi connectivity index (χ1n) is 7.58. The molecule has 124 valence electrons. The van der Waals surface area contributed by atoms with E-state index in [-0.39, 0.29) is 6.04 Å². The largest absolute Gasteiger partial charge is 0.464 e. The molecule has 2 aromatic heterocycles. The lowest BCUT2D eigenvalue weighted by molar-refractivity contribution is 0.441. The average Bonchev–Trinajstić information content (AvgIpc) is 3.10. The monoisotopic (exact) mass is 316 g/mol. The molecule has 0 bridgehead atoms. The van der Waals surface area contributed by atoms with E-state index >= 15 is 0 Å². The first-order valence-corrected chi connectivity index (χ1v) is 7.58. The van der Waals surface area contributed by atoms with Crippen LogP contribution in [0, 0.1) is 13.8 Å². The van der Waals surface area contributed by atoms with E-state index < -0.39 is 0 Å². The molecule has 7 heteroatoms. The maximum Gasteiger partial charge on any atom is 0.192 e. The summed E-state index contributed by atoms with van der Waals surface area (Å²) in [7, 11) is 1.93. The smallest absolute Gasteiger partial charge is 0.192 e. The minimum Gasteiger partial charge on any atom is -0.464 e. The quantitative estimate of drug-likeness (QED) is 0.484. The van der Waals surface area contributed by atoms with Gasteiger partial charge in [0.15, 0.2) is 11.8 Å². The number of aliphatic imine (C=N–C) groups is 1. The fourth-order valence-electron chi connectivity index (χ4n) is 2.02. The van der Waals surface area contributed by atoms with Crippen LogP contribution in [0.25, 0.3) is 0 Å². The van der Waals surface area contributed by atoms with Crippen molar-refractivity contribution in [1.82, 2.24) is 25.4 Å². The van der Waals surface area contributed by atoms with Crippen molar-refractivity contribution in [3.63, 3.8) is 0 Å². The van der Waals surface area contributed by atoms with E-state index in [0.29, 0.717) is 19.0 Å². The number of rotatable bonds is 6. The number of nitrogens with one attached hydrogen (secondary N) is 2. The molecule has 0 aliphatic heterocycles. The number of hydrogen-bond acceptors (Lipinski definition) is 4.